The van der Waals surface area contributed by atoms with E-state index in [-0.39, 0.29) is 6.54 Å². The van der Waals surface area contributed by atoms with Crippen molar-refractivity contribution in [2.75, 3.05) is 6.54 Å². The summed E-state index contributed by atoms with van der Waals surface area (Å²) in [6.07, 6.45) is 0.479. The number of aryl methyl sites for hydroxylation is 1. The number of nitrogens with one attached hydrogen (secondary N) is 1. The lowest BCUT2D eigenvalue weighted by Gasteiger charge is -2.02. The lowest BCUT2D eigenvalue weighted by atomic mass is 10.3. The van der Waals surface area contributed by atoms with Gasteiger partial charge in [-0.1, -0.05) is 5.16 Å². The van der Waals surface area contributed by atoms with Gasteiger partial charge < -0.3 is 4.52 Å². The predicted molar refractivity (Wildman–Crippen MR) is 72.2 cm³/mol. The monoisotopic (exact) mass is 350 g/mol. The number of thiophene rings is 1. The first-order chi connectivity index (χ1) is 8.47. The Morgan fingerprint density at radius 3 is 2.83 bits per heavy atom. The molecule has 0 unspecified atom stereocenters. The average Bonchev–Trinajstić information content (AvgIpc) is 2.88. The van der Waals surface area contributed by atoms with Crippen LogP contribution in [0.3, 0.4) is 0 Å². The van der Waals surface area contributed by atoms with E-state index < -0.39 is 10.0 Å². The molecule has 2 heterocycles. The molecule has 0 spiro atoms. The van der Waals surface area contributed by atoms with Gasteiger partial charge in [-0.15, -0.1) is 11.3 Å². The number of hydrogen-bond acceptors (Lipinski definition) is 5. The molecule has 0 fully saturated rings. The van der Waals surface area contributed by atoms with Crippen molar-refractivity contribution in [3.05, 3.63) is 33.4 Å². The van der Waals surface area contributed by atoms with E-state index in [0.29, 0.717) is 16.4 Å². The maximum atomic E-state index is 11.9. The summed E-state index contributed by atoms with van der Waals surface area (Å²) in [5.41, 5.74) is 0.787. The Morgan fingerprint density at radius 1 is 1.50 bits per heavy atom. The Labute approximate surface area is 117 Å². The molecule has 0 bridgehead atoms. The quantitative estimate of drug-likeness (QED) is 0.897. The lowest BCUT2D eigenvalue weighted by molar-refractivity contribution is 0.379. The average molecular weight is 351 g/mol. The van der Waals surface area contributed by atoms with E-state index in [0.717, 1.165) is 9.48 Å². The van der Waals surface area contributed by atoms with Crippen LogP contribution in [0.25, 0.3) is 0 Å². The van der Waals surface area contributed by atoms with Gasteiger partial charge in [-0.25, -0.2) is 13.1 Å². The summed E-state index contributed by atoms with van der Waals surface area (Å²) >= 11 is 4.41. The molecule has 0 amide bonds. The van der Waals surface area contributed by atoms with Crippen LogP contribution in [0.1, 0.15) is 11.5 Å². The second kappa shape index (κ2) is 5.52. The Kier molecular flexibility index (Phi) is 4.21. The molecule has 2 rings (SSSR count). The summed E-state index contributed by atoms with van der Waals surface area (Å²) in [5.74, 6) is 0.669. The molecular weight excluding hydrogens is 340 g/mol. The largest absolute Gasteiger partial charge is 0.361 e. The molecule has 2 aromatic heterocycles. The van der Waals surface area contributed by atoms with Gasteiger partial charge in [0.2, 0.25) is 10.0 Å². The molecule has 0 aliphatic carbocycles. The normalized spacial score (nSPS) is 11.9. The second-order valence-electron chi connectivity index (χ2n) is 3.64. The molecule has 98 valence electrons. The lowest BCUT2D eigenvalue weighted by Crippen LogP contribution is -2.25. The van der Waals surface area contributed by atoms with E-state index in [1.54, 1.807) is 18.2 Å². The van der Waals surface area contributed by atoms with Gasteiger partial charge in [0, 0.05) is 19.0 Å². The maximum Gasteiger partial charge on any atom is 0.250 e. The van der Waals surface area contributed by atoms with Crippen molar-refractivity contribution in [1.82, 2.24) is 9.88 Å². The van der Waals surface area contributed by atoms with Crippen LogP contribution in [-0.4, -0.2) is 20.1 Å². The van der Waals surface area contributed by atoms with Gasteiger partial charge in [-0.2, -0.15) is 0 Å². The molecular formula is C10H11BrN2O3S2. The highest BCUT2D eigenvalue weighted by atomic mass is 79.9. The van der Waals surface area contributed by atoms with Gasteiger partial charge in [-0.05, 0) is 35.0 Å². The van der Waals surface area contributed by atoms with E-state index in [1.807, 2.05) is 6.92 Å². The molecule has 5 nitrogen and oxygen atoms in total. The van der Waals surface area contributed by atoms with Crippen LogP contribution in [0.4, 0.5) is 0 Å². The van der Waals surface area contributed by atoms with Gasteiger partial charge >= 0.3 is 0 Å². The smallest absolute Gasteiger partial charge is 0.250 e. The first-order valence-electron chi connectivity index (χ1n) is 5.14. The van der Waals surface area contributed by atoms with Gasteiger partial charge in [0.05, 0.1) is 9.48 Å². The molecule has 0 saturated heterocycles. The van der Waals surface area contributed by atoms with Crippen LogP contribution >= 0.6 is 27.3 Å². The first kappa shape index (κ1) is 13.7. The van der Waals surface area contributed by atoms with E-state index in [4.69, 9.17) is 4.52 Å². The van der Waals surface area contributed by atoms with Crippen LogP contribution in [0, 0.1) is 6.92 Å². The molecule has 0 radical (unpaired) electrons. The summed E-state index contributed by atoms with van der Waals surface area (Å²) in [6.45, 7) is 2.10. The third-order valence-corrected chi connectivity index (χ3v) is 5.73. The highest BCUT2D eigenvalue weighted by Gasteiger charge is 2.16. The standard InChI is InChI=1S/C10H11BrN2O3S2/c1-7-6-8(16-13-7)4-5-12-18(14,15)10-3-2-9(11)17-10/h2-3,6,12H,4-5H2,1H3. The molecule has 2 aromatic rings. The van der Waals surface area contributed by atoms with Crippen LogP contribution in [-0.2, 0) is 16.4 Å². The molecule has 0 atom stereocenters. The predicted octanol–water partition coefficient (Wildman–Crippen LogP) is 2.33. The highest BCUT2D eigenvalue weighted by Crippen LogP contribution is 2.25. The van der Waals surface area contributed by atoms with Crippen molar-refractivity contribution in [1.29, 1.82) is 0 Å². The fraction of sp³-hybridized carbons (Fsp3) is 0.300. The summed E-state index contributed by atoms with van der Waals surface area (Å²) in [6, 6.07) is 5.06. The van der Waals surface area contributed by atoms with Crippen molar-refractivity contribution in [2.45, 2.75) is 17.6 Å². The van der Waals surface area contributed by atoms with Gasteiger partial charge in [0.25, 0.3) is 0 Å². The van der Waals surface area contributed by atoms with Crippen molar-refractivity contribution in [2.24, 2.45) is 0 Å². The molecule has 0 aliphatic rings. The molecule has 18 heavy (non-hydrogen) atoms. The number of hydrogen-bond donors (Lipinski definition) is 1. The molecule has 8 heteroatoms. The zero-order chi connectivity index (χ0) is 13.2. The van der Waals surface area contributed by atoms with Gasteiger partial charge in [-0.3, -0.25) is 0 Å². The van der Waals surface area contributed by atoms with Gasteiger partial charge in [0.1, 0.15) is 9.97 Å². The number of aromatic nitrogens is 1. The Balaban J connectivity index is 1.93. The van der Waals surface area contributed by atoms with Crippen LogP contribution < -0.4 is 4.72 Å². The fourth-order valence-corrected chi connectivity index (χ4v) is 4.44. The number of rotatable bonds is 5. The number of halogens is 1. The van der Waals surface area contributed by atoms with E-state index >= 15 is 0 Å². The minimum atomic E-state index is -3.43. The van der Waals surface area contributed by atoms with Crippen molar-refractivity contribution in [3.63, 3.8) is 0 Å². The third kappa shape index (κ3) is 3.41. The third-order valence-electron chi connectivity index (χ3n) is 2.15. The molecule has 0 saturated carbocycles. The van der Waals surface area contributed by atoms with E-state index in [9.17, 15) is 8.42 Å². The van der Waals surface area contributed by atoms with E-state index in [2.05, 4.69) is 25.8 Å². The number of nitrogens with zero attached hydrogens (tertiary/aromatic N) is 1. The first-order valence-corrected chi connectivity index (χ1v) is 8.24. The van der Waals surface area contributed by atoms with Crippen LogP contribution in [0.15, 0.2) is 30.7 Å². The van der Waals surface area contributed by atoms with Crippen molar-refractivity contribution in [3.8, 4) is 0 Å². The number of sulfonamides is 1. The zero-order valence-corrected chi connectivity index (χ0v) is 12.7. The summed E-state index contributed by atoms with van der Waals surface area (Å²) in [5, 5.41) is 3.74. The minimum absolute atomic E-state index is 0.284. The van der Waals surface area contributed by atoms with Gasteiger partial charge in [0.15, 0.2) is 0 Å². The Hall–Kier alpha value is -0.700. The highest BCUT2D eigenvalue weighted by molar-refractivity contribution is 9.11. The summed E-state index contributed by atoms with van der Waals surface area (Å²) < 4.78 is 32.3. The van der Waals surface area contributed by atoms with Crippen LogP contribution in [0.5, 0.6) is 0 Å². The molecule has 0 aliphatic heterocycles. The summed E-state index contributed by atoms with van der Waals surface area (Å²) in [4.78, 5) is 0. The maximum absolute atomic E-state index is 11.9. The van der Waals surface area contributed by atoms with Crippen molar-refractivity contribution < 1.29 is 12.9 Å². The molecule has 0 aromatic carbocycles. The minimum Gasteiger partial charge on any atom is -0.361 e. The Morgan fingerprint density at radius 2 is 2.28 bits per heavy atom. The fourth-order valence-electron chi connectivity index (χ4n) is 1.36. The SMILES string of the molecule is Cc1cc(CCNS(=O)(=O)c2ccc(Br)s2)on1. The van der Waals surface area contributed by atoms with Crippen molar-refractivity contribution >= 4 is 37.3 Å². The Bertz CT molecular complexity index is 633. The second-order valence-corrected chi connectivity index (χ2v) is 8.10. The summed E-state index contributed by atoms with van der Waals surface area (Å²) in [7, 11) is -3.43. The zero-order valence-electron chi connectivity index (χ0n) is 9.51. The van der Waals surface area contributed by atoms with E-state index in [1.165, 1.54) is 11.3 Å². The topological polar surface area (TPSA) is 72.2 Å². The van der Waals surface area contributed by atoms with Crippen LogP contribution in [0.2, 0.25) is 0 Å². The molecule has 1 N–H and O–H groups in total.